The van der Waals surface area contributed by atoms with Gasteiger partial charge >= 0.3 is 0 Å². The second-order valence-electron chi connectivity index (χ2n) is 3.97. The van der Waals surface area contributed by atoms with Gasteiger partial charge in [-0.05, 0) is 24.5 Å². The smallest absolute Gasteiger partial charge is 0.264 e. The van der Waals surface area contributed by atoms with Crippen molar-refractivity contribution in [2.75, 3.05) is 0 Å². The molecule has 1 N–H and O–H groups in total. The Hall–Kier alpha value is -1.77. The summed E-state index contributed by atoms with van der Waals surface area (Å²) in [7, 11) is 0. The van der Waals surface area contributed by atoms with Crippen molar-refractivity contribution < 1.29 is 0 Å². The molecular formula is C13H16N2O. The Bertz CT molecular complexity index is 537. The third kappa shape index (κ3) is 2.08. The van der Waals surface area contributed by atoms with Crippen molar-refractivity contribution >= 4 is 0 Å². The van der Waals surface area contributed by atoms with Crippen molar-refractivity contribution in [3.05, 3.63) is 57.5 Å². The SMILES string of the molecule is CCc1ccccc1Cn1[nH]c(=O)cc1C. The predicted octanol–water partition coefficient (Wildman–Crippen LogP) is 2.10. The van der Waals surface area contributed by atoms with Crippen molar-refractivity contribution in [1.82, 2.24) is 9.78 Å². The molecule has 3 heteroatoms. The molecule has 84 valence electrons. The molecule has 0 saturated carbocycles. The van der Waals surface area contributed by atoms with Gasteiger partial charge in [-0.1, -0.05) is 31.2 Å². The zero-order chi connectivity index (χ0) is 11.5. The van der Waals surface area contributed by atoms with E-state index in [0.717, 1.165) is 18.7 Å². The molecule has 16 heavy (non-hydrogen) atoms. The van der Waals surface area contributed by atoms with E-state index in [1.165, 1.54) is 11.1 Å². The number of benzene rings is 1. The first-order valence-electron chi connectivity index (χ1n) is 5.54. The lowest BCUT2D eigenvalue weighted by atomic mass is 10.1. The Balaban J connectivity index is 2.33. The Morgan fingerprint density at radius 3 is 2.50 bits per heavy atom. The summed E-state index contributed by atoms with van der Waals surface area (Å²) in [5.41, 5.74) is 3.53. The van der Waals surface area contributed by atoms with Crippen molar-refractivity contribution in [2.45, 2.75) is 26.8 Å². The minimum atomic E-state index is -0.0357. The summed E-state index contributed by atoms with van der Waals surface area (Å²) in [5, 5.41) is 2.81. The minimum Gasteiger partial charge on any atom is -0.285 e. The largest absolute Gasteiger partial charge is 0.285 e. The fraction of sp³-hybridized carbons (Fsp3) is 0.308. The molecule has 1 heterocycles. The Labute approximate surface area is 94.7 Å². The average Bonchev–Trinajstić information content (AvgIpc) is 2.58. The number of aromatic nitrogens is 2. The van der Waals surface area contributed by atoms with Crippen LogP contribution in [0.3, 0.4) is 0 Å². The van der Waals surface area contributed by atoms with Crippen molar-refractivity contribution in [2.24, 2.45) is 0 Å². The van der Waals surface area contributed by atoms with E-state index in [9.17, 15) is 4.79 Å². The lowest BCUT2D eigenvalue weighted by molar-refractivity contribution is 0.654. The molecule has 0 atom stereocenters. The Morgan fingerprint density at radius 1 is 1.25 bits per heavy atom. The maximum Gasteiger partial charge on any atom is 0.264 e. The summed E-state index contributed by atoms with van der Waals surface area (Å²) >= 11 is 0. The van der Waals surface area contributed by atoms with Crippen LogP contribution in [0.1, 0.15) is 23.7 Å². The summed E-state index contributed by atoms with van der Waals surface area (Å²) in [4.78, 5) is 11.2. The highest BCUT2D eigenvalue weighted by Gasteiger charge is 2.03. The van der Waals surface area contributed by atoms with Crippen LogP contribution in [0, 0.1) is 6.92 Å². The maximum atomic E-state index is 11.2. The first-order valence-corrected chi connectivity index (χ1v) is 5.54. The highest BCUT2D eigenvalue weighted by atomic mass is 16.1. The Morgan fingerprint density at radius 2 is 1.94 bits per heavy atom. The first-order chi connectivity index (χ1) is 7.70. The summed E-state index contributed by atoms with van der Waals surface area (Å²) < 4.78 is 1.89. The van der Waals surface area contributed by atoms with Gasteiger partial charge in [-0.2, -0.15) is 0 Å². The molecule has 0 aliphatic rings. The fourth-order valence-electron chi connectivity index (χ4n) is 1.91. The molecule has 0 fully saturated rings. The van der Waals surface area contributed by atoms with E-state index in [0.29, 0.717) is 0 Å². The van der Waals surface area contributed by atoms with Crippen molar-refractivity contribution in [3.63, 3.8) is 0 Å². The highest BCUT2D eigenvalue weighted by Crippen LogP contribution is 2.11. The molecule has 0 unspecified atom stereocenters. The normalized spacial score (nSPS) is 10.6. The van der Waals surface area contributed by atoms with Gasteiger partial charge in [0.15, 0.2) is 0 Å². The molecule has 0 bridgehead atoms. The van der Waals surface area contributed by atoms with E-state index in [1.807, 2.05) is 23.7 Å². The van der Waals surface area contributed by atoms with Crippen LogP contribution < -0.4 is 5.56 Å². The van der Waals surface area contributed by atoms with Gasteiger partial charge in [0.05, 0.1) is 6.54 Å². The van der Waals surface area contributed by atoms with Gasteiger partial charge in [0.1, 0.15) is 0 Å². The van der Waals surface area contributed by atoms with E-state index in [1.54, 1.807) is 6.07 Å². The van der Waals surface area contributed by atoms with Crippen LogP contribution in [0.5, 0.6) is 0 Å². The number of rotatable bonds is 3. The molecule has 0 radical (unpaired) electrons. The highest BCUT2D eigenvalue weighted by molar-refractivity contribution is 5.27. The third-order valence-electron chi connectivity index (χ3n) is 2.84. The molecule has 0 amide bonds. The van der Waals surface area contributed by atoms with E-state index in [4.69, 9.17) is 0 Å². The van der Waals surface area contributed by atoms with E-state index >= 15 is 0 Å². The second-order valence-corrected chi connectivity index (χ2v) is 3.97. The first kappa shape index (κ1) is 10.7. The molecular weight excluding hydrogens is 200 g/mol. The van der Waals surface area contributed by atoms with Crippen LogP contribution in [0.4, 0.5) is 0 Å². The quantitative estimate of drug-likeness (QED) is 0.838. The summed E-state index contributed by atoms with van der Waals surface area (Å²) in [6, 6.07) is 9.94. The van der Waals surface area contributed by atoms with Crippen LogP contribution in [0.2, 0.25) is 0 Å². The van der Waals surface area contributed by atoms with E-state index in [-0.39, 0.29) is 5.56 Å². The van der Waals surface area contributed by atoms with Crippen LogP contribution >= 0.6 is 0 Å². The van der Waals surface area contributed by atoms with Crippen molar-refractivity contribution in [3.8, 4) is 0 Å². The van der Waals surface area contributed by atoms with Gasteiger partial charge in [0, 0.05) is 11.8 Å². The van der Waals surface area contributed by atoms with Gasteiger partial charge in [-0.3, -0.25) is 14.6 Å². The zero-order valence-electron chi connectivity index (χ0n) is 9.66. The molecule has 0 saturated heterocycles. The number of H-pyrrole nitrogens is 1. The molecule has 3 nitrogen and oxygen atoms in total. The van der Waals surface area contributed by atoms with Crippen molar-refractivity contribution in [1.29, 1.82) is 0 Å². The number of hydrogen-bond donors (Lipinski definition) is 1. The predicted molar refractivity (Wildman–Crippen MR) is 64.7 cm³/mol. The molecule has 0 spiro atoms. The van der Waals surface area contributed by atoms with Crippen LogP contribution in [0.25, 0.3) is 0 Å². The van der Waals surface area contributed by atoms with E-state index in [2.05, 4.69) is 24.2 Å². The zero-order valence-corrected chi connectivity index (χ0v) is 9.66. The Kier molecular flexibility index (Phi) is 2.95. The summed E-state index contributed by atoms with van der Waals surface area (Å²) in [5.74, 6) is 0. The lowest BCUT2D eigenvalue weighted by Crippen LogP contribution is -2.09. The van der Waals surface area contributed by atoms with Gasteiger partial charge in [0.2, 0.25) is 0 Å². The van der Waals surface area contributed by atoms with Gasteiger partial charge in [-0.25, -0.2) is 0 Å². The standard InChI is InChI=1S/C13H16N2O/c1-3-11-6-4-5-7-12(11)9-15-10(2)8-13(16)14-15/h4-8H,3,9H2,1-2H3,(H,14,16). The number of aromatic amines is 1. The second kappa shape index (κ2) is 4.39. The molecule has 1 aromatic carbocycles. The number of hydrogen-bond acceptors (Lipinski definition) is 1. The van der Waals surface area contributed by atoms with Crippen LogP contribution in [-0.2, 0) is 13.0 Å². The number of nitrogens with one attached hydrogen (secondary N) is 1. The van der Waals surface area contributed by atoms with Gasteiger partial charge in [-0.15, -0.1) is 0 Å². The molecule has 2 aromatic rings. The van der Waals surface area contributed by atoms with Gasteiger partial charge < -0.3 is 0 Å². The van der Waals surface area contributed by atoms with E-state index < -0.39 is 0 Å². The monoisotopic (exact) mass is 216 g/mol. The van der Waals surface area contributed by atoms with Crippen LogP contribution in [0.15, 0.2) is 35.1 Å². The summed E-state index contributed by atoms with van der Waals surface area (Å²) in [6.45, 7) is 4.81. The summed E-state index contributed by atoms with van der Waals surface area (Å²) in [6.07, 6.45) is 1.01. The number of nitrogens with zero attached hydrogens (tertiary/aromatic N) is 1. The molecule has 0 aliphatic heterocycles. The molecule has 2 rings (SSSR count). The van der Waals surface area contributed by atoms with Gasteiger partial charge in [0.25, 0.3) is 5.56 Å². The fourth-order valence-corrected chi connectivity index (χ4v) is 1.91. The number of aryl methyl sites for hydroxylation is 2. The maximum absolute atomic E-state index is 11.2. The topological polar surface area (TPSA) is 37.8 Å². The van der Waals surface area contributed by atoms with Crippen LogP contribution in [-0.4, -0.2) is 9.78 Å². The minimum absolute atomic E-state index is 0.0357. The molecule has 0 aliphatic carbocycles. The molecule has 1 aromatic heterocycles. The lowest BCUT2D eigenvalue weighted by Gasteiger charge is -2.09. The third-order valence-corrected chi connectivity index (χ3v) is 2.84. The average molecular weight is 216 g/mol.